The Morgan fingerprint density at radius 2 is 1.00 bits per heavy atom. The predicted molar refractivity (Wildman–Crippen MR) is 3.61 cm³/mol. The summed E-state index contributed by atoms with van der Waals surface area (Å²) in [4.78, 5) is 0. The van der Waals surface area contributed by atoms with Crippen LogP contribution in [0.5, 0.6) is 0 Å². The topological polar surface area (TPSA) is 101 Å². The van der Waals surface area contributed by atoms with Crippen molar-refractivity contribution >= 4 is 0 Å². The van der Waals surface area contributed by atoms with Gasteiger partial charge in [0.2, 0.25) is 0 Å². The summed E-state index contributed by atoms with van der Waals surface area (Å²) in [5.74, 6) is 0. The van der Waals surface area contributed by atoms with E-state index in [2.05, 4.69) is 0 Å². The molecule has 0 aliphatic carbocycles. The molecule has 0 radical (unpaired) electrons. The fraction of sp³-hybridized carbons (Fsp3) is 0. The van der Waals surface area contributed by atoms with Gasteiger partial charge in [-0.25, -0.2) is 0 Å². The van der Waals surface area contributed by atoms with E-state index in [9.17, 15) is 0 Å². The van der Waals surface area contributed by atoms with E-state index in [-0.39, 0.29) is 56.9 Å². The molecule has 0 spiro atoms. The van der Waals surface area contributed by atoms with Crippen LogP contribution in [0.3, 0.4) is 0 Å². The second kappa shape index (κ2) is 10.2. The van der Waals surface area contributed by atoms with E-state index in [1.165, 1.54) is 0 Å². The van der Waals surface area contributed by atoms with Gasteiger partial charge in [0, 0.05) is 0 Å². The molecule has 0 aromatic rings. The second-order valence-corrected chi connectivity index (χ2v) is 1.27. The van der Waals surface area contributed by atoms with Crippen molar-refractivity contribution in [1.29, 1.82) is 0 Å². The first-order chi connectivity index (χ1) is 1.73. The molecule has 4 nitrogen and oxygen atoms in total. The minimum atomic E-state index is -4.01. The predicted octanol–water partition coefficient (Wildman–Crippen LogP) is -10.4. The normalized spacial score (nSPS) is 6.00. The molecule has 0 aromatic carbocycles. The van der Waals surface area contributed by atoms with Gasteiger partial charge in [-0.1, -0.05) is 0 Å². The van der Waals surface area contributed by atoms with Crippen molar-refractivity contribution < 1.29 is 88.2 Å². The summed E-state index contributed by atoms with van der Waals surface area (Å²) >= 11 is -4.01. The van der Waals surface area contributed by atoms with Crippen LogP contribution in [0.25, 0.3) is 0 Å². The fourth-order valence-corrected chi connectivity index (χ4v) is 0. The molecule has 0 amide bonds. The van der Waals surface area contributed by atoms with E-state index >= 15 is 0 Å². The Bertz CT molecular complexity index is 12.3. The fourth-order valence-electron chi connectivity index (χ4n) is 0. The monoisotopic (exact) mass is 232 g/mol. The summed E-state index contributed by atoms with van der Waals surface area (Å²) in [5.41, 5.74) is 0. The maximum atomic E-state index is 8.57. The zero-order chi connectivity index (χ0) is 3.58. The third-order valence-electron chi connectivity index (χ3n) is 0. The molecule has 0 unspecified atom stereocenters. The molecule has 2 N–H and O–H groups in total. The van der Waals surface area contributed by atoms with Gasteiger partial charge in [-0.2, -0.15) is 0 Å². The molecule has 0 rings (SSSR count). The summed E-state index contributed by atoms with van der Waals surface area (Å²) in [6.45, 7) is 0. The van der Waals surface area contributed by atoms with Crippen LogP contribution in [0.4, 0.5) is 0 Å². The minimum Gasteiger partial charge on any atom is -0.427 e. The van der Waals surface area contributed by atoms with E-state index in [1.807, 2.05) is 0 Å². The van der Waals surface area contributed by atoms with E-state index in [1.54, 1.807) is 0 Å². The average molecular weight is 232 g/mol. The molecule has 6 heavy (non-hydrogen) atoms. The molecule has 0 atom stereocenters. The molecule has 0 saturated heterocycles. The SMILES string of the molecule is O.[K+].[O-][I+2]([O-])[O-]. The van der Waals surface area contributed by atoms with Gasteiger partial charge in [0.05, 0.1) is 0 Å². The largest absolute Gasteiger partial charge is 1.00 e. The van der Waals surface area contributed by atoms with Crippen molar-refractivity contribution in [1.82, 2.24) is 0 Å². The summed E-state index contributed by atoms with van der Waals surface area (Å²) in [5, 5.41) is 0. The van der Waals surface area contributed by atoms with Crippen molar-refractivity contribution in [2.45, 2.75) is 0 Å². The molecule has 6 heteroatoms. The quantitative estimate of drug-likeness (QED) is 0.306. The minimum absolute atomic E-state index is 0. The maximum absolute atomic E-state index is 8.57. The van der Waals surface area contributed by atoms with Gasteiger partial charge in [-0.15, -0.1) is 0 Å². The Kier molecular flexibility index (Phi) is 26.8. The standard InChI is InChI=1S/IO3.K.H2O/c2-1(3)4;;/h;;1H2/q-1;+1;. The Morgan fingerprint density at radius 3 is 1.00 bits per heavy atom. The first-order valence-electron chi connectivity index (χ1n) is 0.463. The van der Waals surface area contributed by atoms with Crippen LogP contribution in [-0.4, -0.2) is 5.48 Å². The van der Waals surface area contributed by atoms with Crippen LogP contribution in [-0.2, 0) is 0 Å². The van der Waals surface area contributed by atoms with Crippen LogP contribution < -0.4 is 82.8 Å². The first-order valence-corrected chi connectivity index (χ1v) is 3.11. The van der Waals surface area contributed by atoms with E-state index < -0.39 is 21.1 Å². The molecule has 0 saturated carbocycles. The Labute approximate surface area is 86.3 Å². The molecular formula is H2IKO4. The molecule has 0 fully saturated rings. The van der Waals surface area contributed by atoms with E-state index in [4.69, 9.17) is 10.3 Å². The van der Waals surface area contributed by atoms with Crippen molar-refractivity contribution in [2.24, 2.45) is 0 Å². The molecule has 0 heterocycles. The van der Waals surface area contributed by atoms with Crippen molar-refractivity contribution in [3.8, 4) is 0 Å². The van der Waals surface area contributed by atoms with Crippen molar-refractivity contribution in [2.75, 3.05) is 0 Å². The van der Waals surface area contributed by atoms with Crippen LogP contribution in [0.1, 0.15) is 0 Å². The number of hydrogen-bond donors (Lipinski definition) is 0. The number of halogens is 1. The molecule has 0 bridgehead atoms. The number of rotatable bonds is 0. The van der Waals surface area contributed by atoms with Gasteiger partial charge in [0.25, 0.3) is 21.1 Å². The summed E-state index contributed by atoms with van der Waals surface area (Å²) in [7, 11) is 0. The summed E-state index contributed by atoms with van der Waals surface area (Å²) in [6.07, 6.45) is 0. The molecule has 0 aromatic heterocycles. The summed E-state index contributed by atoms with van der Waals surface area (Å²) < 4.78 is 25.7. The van der Waals surface area contributed by atoms with Gasteiger partial charge >= 0.3 is 51.4 Å². The third kappa shape index (κ3) is 34.6. The third-order valence-corrected chi connectivity index (χ3v) is 0. The zero-order valence-corrected chi connectivity index (χ0v) is 8.38. The van der Waals surface area contributed by atoms with Crippen LogP contribution in [0.15, 0.2) is 0 Å². The first kappa shape index (κ1) is 15.7. The number of hydrogen-bond acceptors (Lipinski definition) is 3. The second-order valence-electron chi connectivity index (χ2n) is 0.189. The van der Waals surface area contributed by atoms with Gasteiger partial charge < -0.3 is 15.8 Å². The van der Waals surface area contributed by atoms with Gasteiger partial charge in [0.15, 0.2) is 0 Å². The van der Waals surface area contributed by atoms with Gasteiger partial charge in [0.1, 0.15) is 0 Å². The summed E-state index contributed by atoms with van der Waals surface area (Å²) in [6, 6.07) is 0. The van der Waals surface area contributed by atoms with Crippen LogP contribution >= 0.6 is 0 Å². The van der Waals surface area contributed by atoms with Gasteiger partial charge in [-0.3, -0.25) is 0 Å². The van der Waals surface area contributed by atoms with Gasteiger partial charge in [-0.05, 0) is 0 Å². The van der Waals surface area contributed by atoms with Crippen molar-refractivity contribution in [3.05, 3.63) is 0 Å². The molecule has 0 aliphatic rings. The smallest absolute Gasteiger partial charge is 0.427 e. The maximum Gasteiger partial charge on any atom is 1.00 e. The van der Waals surface area contributed by atoms with Crippen LogP contribution in [0.2, 0.25) is 0 Å². The molecule has 34 valence electrons. The van der Waals surface area contributed by atoms with Crippen molar-refractivity contribution in [3.63, 3.8) is 0 Å². The van der Waals surface area contributed by atoms with E-state index in [0.717, 1.165) is 0 Å². The molecular weight excluding hydrogens is 230 g/mol. The zero-order valence-electron chi connectivity index (χ0n) is 3.10. The Morgan fingerprint density at radius 1 is 1.00 bits per heavy atom. The average Bonchev–Trinajstić information content (AvgIpc) is 0.811. The van der Waals surface area contributed by atoms with Crippen LogP contribution in [0, 0.1) is 0 Å². The Balaban J connectivity index is -0.0000000450. The van der Waals surface area contributed by atoms with E-state index in [0.29, 0.717) is 0 Å². The Hall–Kier alpha value is 2.21. The molecule has 0 aliphatic heterocycles.